The van der Waals surface area contributed by atoms with Crippen LogP contribution >= 0.6 is 0 Å². The molecule has 3 rings (SSSR count). The van der Waals surface area contributed by atoms with Crippen LogP contribution in [0.15, 0.2) is 78.9 Å². The molecule has 0 saturated heterocycles. The van der Waals surface area contributed by atoms with Crippen LogP contribution in [0.5, 0.6) is 11.5 Å². The molecule has 0 spiro atoms. The average molecular weight is 430 g/mol. The van der Waals surface area contributed by atoms with Gasteiger partial charge in [0.2, 0.25) is 0 Å². The summed E-state index contributed by atoms with van der Waals surface area (Å²) >= 11 is 0. The van der Waals surface area contributed by atoms with Gasteiger partial charge in [0, 0.05) is 17.7 Å². The Morgan fingerprint density at radius 2 is 1.44 bits per heavy atom. The van der Waals surface area contributed by atoms with Gasteiger partial charge in [-0.2, -0.15) is 0 Å². The van der Waals surface area contributed by atoms with Crippen molar-refractivity contribution in [1.82, 2.24) is 4.90 Å². The Morgan fingerprint density at radius 1 is 0.812 bits per heavy atom. The van der Waals surface area contributed by atoms with Crippen LogP contribution in [0.4, 0.5) is 0 Å². The second kappa shape index (κ2) is 11.9. The predicted octanol–water partition coefficient (Wildman–Crippen LogP) is 5.84. The van der Waals surface area contributed by atoms with Crippen molar-refractivity contribution in [3.05, 3.63) is 95.6 Å². The largest absolute Gasteiger partial charge is 0.497 e. The molecule has 166 valence electrons. The van der Waals surface area contributed by atoms with Crippen LogP contribution in [0.2, 0.25) is 0 Å². The highest BCUT2D eigenvalue weighted by Gasteiger charge is 2.15. The van der Waals surface area contributed by atoms with Gasteiger partial charge in [-0.25, -0.2) is 0 Å². The third-order valence-corrected chi connectivity index (χ3v) is 5.44. The zero-order valence-corrected chi connectivity index (χ0v) is 19.1. The van der Waals surface area contributed by atoms with Gasteiger partial charge in [0.1, 0.15) is 18.1 Å². The Bertz CT molecular complexity index is 1000. The van der Waals surface area contributed by atoms with Crippen LogP contribution < -0.4 is 9.47 Å². The van der Waals surface area contributed by atoms with Crippen LogP contribution in [-0.4, -0.2) is 44.0 Å². The predicted molar refractivity (Wildman–Crippen MR) is 131 cm³/mol. The van der Waals surface area contributed by atoms with E-state index in [0.717, 1.165) is 42.3 Å². The first-order valence-electron chi connectivity index (χ1n) is 11.1. The van der Waals surface area contributed by atoms with Gasteiger partial charge >= 0.3 is 0 Å². The molecule has 0 saturated carbocycles. The first kappa shape index (κ1) is 23.3. The molecule has 0 heterocycles. The number of Topliss-reactive ketones (excluding diaryl/α,β-unsaturated/α-hetero) is 1. The molecule has 0 aliphatic heterocycles. The number of hydrogen-bond acceptors (Lipinski definition) is 4. The normalized spacial score (nSPS) is 11.4. The Morgan fingerprint density at radius 3 is 2.03 bits per heavy atom. The van der Waals surface area contributed by atoms with Crippen LogP contribution in [-0.2, 0) is 0 Å². The molecule has 0 fully saturated rings. The number of rotatable bonds is 11. The van der Waals surface area contributed by atoms with Crippen LogP contribution in [0.25, 0.3) is 11.6 Å². The number of likely N-dealkylation sites (N-methyl/N-ethyl adjacent to an activating group) is 1. The number of methoxy groups -OCH3 is 1. The van der Waals surface area contributed by atoms with Gasteiger partial charge in [0.25, 0.3) is 0 Å². The molecule has 4 nitrogen and oxygen atoms in total. The van der Waals surface area contributed by atoms with Gasteiger partial charge in [-0.15, -0.1) is 0 Å². The first-order chi connectivity index (χ1) is 15.6. The Balaban J connectivity index is 1.79. The van der Waals surface area contributed by atoms with Crippen molar-refractivity contribution in [3.8, 4) is 11.5 Å². The van der Waals surface area contributed by atoms with Gasteiger partial charge in [-0.3, -0.25) is 4.79 Å². The average Bonchev–Trinajstić information content (AvgIpc) is 2.86. The van der Waals surface area contributed by atoms with E-state index in [4.69, 9.17) is 9.47 Å². The van der Waals surface area contributed by atoms with Gasteiger partial charge < -0.3 is 14.4 Å². The molecule has 0 radical (unpaired) electrons. The van der Waals surface area contributed by atoms with E-state index in [0.29, 0.717) is 17.7 Å². The Kier molecular flexibility index (Phi) is 8.64. The van der Waals surface area contributed by atoms with Crippen molar-refractivity contribution < 1.29 is 14.3 Å². The topological polar surface area (TPSA) is 38.8 Å². The molecule has 3 aromatic rings. The number of nitrogens with zero attached hydrogens (tertiary/aromatic N) is 1. The second-order valence-electron chi connectivity index (χ2n) is 7.43. The van der Waals surface area contributed by atoms with E-state index in [1.165, 1.54) is 0 Å². The summed E-state index contributed by atoms with van der Waals surface area (Å²) in [6.07, 6.45) is 1.92. The Labute approximate surface area is 191 Å². The minimum absolute atomic E-state index is 0.0262. The number of allylic oxidation sites excluding steroid dienone is 1. The summed E-state index contributed by atoms with van der Waals surface area (Å²) in [5, 5.41) is 0. The van der Waals surface area contributed by atoms with E-state index in [2.05, 4.69) is 18.7 Å². The lowest BCUT2D eigenvalue weighted by Crippen LogP contribution is -2.27. The molecule has 0 aliphatic carbocycles. The van der Waals surface area contributed by atoms with E-state index in [9.17, 15) is 4.79 Å². The highest BCUT2D eigenvalue weighted by atomic mass is 16.5. The molecule has 0 bridgehead atoms. The van der Waals surface area contributed by atoms with Crippen molar-refractivity contribution in [3.63, 3.8) is 0 Å². The lowest BCUT2D eigenvalue weighted by atomic mass is 9.94. The highest BCUT2D eigenvalue weighted by Crippen LogP contribution is 2.25. The third-order valence-electron chi connectivity index (χ3n) is 5.44. The summed E-state index contributed by atoms with van der Waals surface area (Å²) in [5.74, 6) is 1.53. The Hall–Kier alpha value is -3.37. The molecule has 0 N–H and O–H groups in total. The van der Waals surface area contributed by atoms with Crippen LogP contribution in [0.3, 0.4) is 0 Å². The molecule has 0 aliphatic rings. The SMILES string of the molecule is CCN(CC)CCOc1ccc(C(=O)/C(=C/c2ccc(OC)cc2)c2ccccc2)cc1. The summed E-state index contributed by atoms with van der Waals surface area (Å²) in [5.41, 5.74) is 3.10. The monoisotopic (exact) mass is 429 g/mol. The van der Waals surface area contributed by atoms with Gasteiger partial charge in [-0.1, -0.05) is 56.3 Å². The third kappa shape index (κ3) is 6.32. The molecule has 32 heavy (non-hydrogen) atoms. The van der Waals surface area contributed by atoms with Crippen molar-refractivity contribution >= 4 is 17.4 Å². The zero-order chi connectivity index (χ0) is 22.8. The maximum Gasteiger partial charge on any atom is 0.193 e. The zero-order valence-electron chi connectivity index (χ0n) is 19.1. The number of ketones is 1. The van der Waals surface area contributed by atoms with Crippen LogP contribution in [0, 0.1) is 0 Å². The maximum atomic E-state index is 13.4. The number of carbonyl (C=O) groups is 1. The van der Waals surface area contributed by atoms with E-state index in [1.54, 1.807) is 7.11 Å². The lowest BCUT2D eigenvalue weighted by molar-refractivity contribution is 0.105. The van der Waals surface area contributed by atoms with E-state index >= 15 is 0 Å². The molecular weight excluding hydrogens is 398 g/mol. The summed E-state index contributed by atoms with van der Waals surface area (Å²) in [7, 11) is 1.64. The molecule has 0 amide bonds. The second-order valence-corrected chi connectivity index (χ2v) is 7.43. The molecule has 0 aromatic heterocycles. The molecular formula is C28H31NO3. The maximum absolute atomic E-state index is 13.4. The van der Waals surface area contributed by atoms with Gasteiger partial charge in [0.05, 0.1) is 7.11 Å². The van der Waals surface area contributed by atoms with Crippen LogP contribution in [0.1, 0.15) is 35.3 Å². The standard InChI is InChI=1S/C28H31NO3/c1-4-29(5-2)19-20-32-26-17-13-24(14-18-26)28(30)27(23-9-7-6-8-10-23)21-22-11-15-25(31-3)16-12-22/h6-18,21H,4-5,19-20H2,1-3H3/b27-21+. The minimum atomic E-state index is -0.0262. The quantitative estimate of drug-likeness (QED) is 0.218. The smallest absolute Gasteiger partial charge is 0.193 e. The first-order valence-corrected chi connectivity index (χ1v) is 11.1. The minimum Gasteiger partial charge on any atom is -0.497 e. The van der Waals surface area contributed by atoms with Crippen molar-refractivity contribution in [2.45, 2.75) is 13.8 Å². The van der Waals surface area contributed by atoms with E-state index in [1.807, 2.05) is 84.9 Å². The van der Waals surface area contributed by atoms with Gasteiger partial charge in [-0.05, 0) is 66.7 Å². The molecule has 3 aromatic carbocycles. The van der Waals surface area contributed by atoms with E-state index < -0.39 is 0 Å². The number of ether oxygens (including phenoxy) is 2. The van der Waals surface area contributed by atoms with Gasteiger partial charge in [0.15, 0.2) is 5.78 Å². The molecule has 4 heteroatoms. The van der Waals surface area contributed by atoms with Crippen molar-refractivity contribution in [2.24, 2.45) is 0 Å². The summed E-state index contributed by atoms with van der Waals surface area (Å²) in [6, 6.07) is 24.8. The number of carbonyl (C=O) groups excluding carboxylic acids is 1. The summed E-state index contributed by atoms with van der Waals surface area (Å²) < 4.78 is 11.1. The molecule has 0 unspecified atom stereocenters. The highest BCUT2D eigenvalue weighted by molar-refractivity contribution is 6.32. The lowest BCUT2D eigenvalue weighted by Gasteiger charge is -2.18. The van der Waals surface area contributed by atoms with Crippen molar-refractivity contribution in [2.75, 3.05) is 33.4 Å². The fraction of sp³-hybridized carbons (Fsp3) is 0.250. The number of benzene rings is 3. The molecule has 0 atom stereocenters. The van der Waals surface area contributed by atoms with E-state index in [-0.39, 0.29) is 5.78 Å². The number of hydrogen-bond donors (Lipinski definition) is 0. The summed E-state index contributed by atoms with van der Waals surface area (Å²) in [4.78, 5) is 15.7. The van der Waals surface area contributed by atoms with Crippen molar-refractivity contribution in [1.29, 1.82) is 0 Å². The summed E-state index contributed by atoms with van der Waals surface area (Å²) in [6.45, 7) is 7.83. The fourth-order valence-corrected chi connectivity index (χ4v) is 3.45. The fourth-order valence-electron chi connectivity index (χ4n) is 3.45.